The summed E-state index contributed by atoms with van der Waals surface area (Å²) < 4.78 is 10.5. The van der Waals surface area contributed by atoms with Gasteiger partial charge in [0.15, 0.2) is 0 Å². The third-order valence-electron chi connectivity index (χ3n) is 2.84. The molecule has 0 unspecified atom stereocenters. The molecule has 0 aliphatic rings. The molecule has 0 bridgehead atoms. The van der Waals surface area contributed by atoms with Crippen LogP contribution in [-0.4, -0.2) is 11.7 Å². The van der Waals surface area contributed by atoms with Gasteiger partial charge in [-0.05, 0) is 6.42 Å². The van der Waals surface area contributed by atoms with Crippen LogP contribution in [0.2, 0.25) is 0 Å². The van der Waals surface area contributed by atoms with Gasteiger partial charge < -0.3 is 20.0 Å². The molecule has 1 aromatic heterocycles. The van der Waals surface area contributed by atoms with E-state index in [0.29, 0.717) is 17.7 Å². The molecule has 0 saturated heterocycles. The Balaban J connectivity index is 2.30. The van der Waals surface area contributed by atoms with Crippen LogP contribution in [0.1, 0.15) is 26.2 Å². The Morgan fingerprint density at radius 2 is 2.11 bits per heavy atom. The van der Waals surface area contributed by atoms with Gasteiger partial charge in [0.05, 0.1) is 17.7 Å². The fourth-order valence-electron chi connectivity index (χ4n) is 1.91. The molecular formula is C14H17NO4. The molecular weight excluding hydrogens is 246 g/mol. The van der Waals surface area contributed by atoms with Crippen molar-refractivity contribution in [2.45, 2.75) is 26.2 Å². The van der Waals surface area contributed by atoms with E-state index in [2.05, 4.69) is 6.92 Å². The molecule has 0 aliphatic carbocycles. The van der Waals surface area contributed by atoms with Gasteiger partial charge >= 0.3 is 5.63 Å². The van der Waals surface area contributed by atoms with Crippen molar-refractivity contribution in [2.75, 3.05) is 12.3 Å². The van der Waals surface area contributed by atoms with Crippen LogP contribution in [-0.2, 0) is 0 Å². The normalized spacial score (nSPS) is 10.8. The lowest BCUT2D eigenvalue weighted by molar-refractivity contribution is 0.304. The molecule has 0 amide bonds. The van der Waals surface area contributed by atoms with Gasteiger partial charge in [0, 0.05) is 18.2 Å². The van der Waals surface area contributed by atoms with Gasteiger partial charge in [-0.1, -0.05) is 19.8 Å². The van der Waals surface area contributed by atoms with Gasteiger partial charge in [0.1, 0.15) is 17.1 Å². The number of hydrogen-bond acceptors (Lipinski definition) is 5. The molecule has 0 aliphatic heterocycles. The quantitative estimate of drug-likeness (QED) is 0.639. The molecule has 1 heterocycles. The molecule has 19 heavy (non-hydrogen) atoms. The molecule has 0 fully saturated rings. The Morgan fingerprint density at radius 3 is 2.84 bits per heavy atom. The highest BCUT2D eigenvalue weighted by Gasteiger charge is 2.10. The van der Waals surface area contributed by atoms with Crippen LogP contribution >= 0.6 is 0 Å². The number of nitrogen functional groups attached to an aromatic ring is 1. The summed E-state index contributed by atoms with van der Waals surface area (Å²) in [6.45, 7) is 2.67. The number of phenolic OH excluding ortho intramolecular Hbond substituents is 1. The number of anilines is 1. The summed E-state index contributed by atoms with van der Waals surface area (Å²) in [6, 6.07) is 4.19. The van der Waals surface area contributed by atoms with Gasteiger partial charge in [-0.25, -0.2) is 4.79 Å². The van der Waals surface area contributed by atoms with Gasteiger partial charge in [-0.2, -0.15) is 0 Å². The molecule has 102 valence electrons. The van der Waals surface area contributed by atoms with Crippen LogP contribution < -0.4 is 16.1 Å². The Labute approximate surface area is 110 Å². The number of hydrogen-bond donors (Lipinski definition) is 2. The first kappa shape index (κ1) is 13.3. The lowest BCUT2D eigenvalue weighted by atomic mass is 10.2. The van der Waals surface area contributed by atoms with E-state index < -0.39 is 5.63 Å². The van der Waals surface area contributed by atoms with Gasteiger partial charge in [-0.3, -0.25) is 0 Å². The topological polar surface area (TPSA) is 85.7 Å². The van der Waals surface area contributed by atoms with Crippen molar-refractivity contribution in [1.29, 1.82) is 0 Å². The maximum Gasteiger partial charge on any atom is 0.338 e. The van der Waals surface area contributed by atoms with Crippen LogP contribution in [0, 0.1) is 0 Å². The Hall–Kier alpha value is -2.17. The largest absolute Gasteiger partial charge is 0.507 e. The molecule has 0 atom stereocenters. The third kappa shape index (κ3) is 2.99. The summed E-state index contributed by atoms with van der Waals surface area (Å²) >= 11 is 0. The predicted octanol–water partition coefficient (Wildman–Crippen LogP) is 2.65. The van der Waals surface area contributed by atoms with E-state index in [1.807, 2.05) is 0 Å². The van der Waals surface area contributed by atoms with Crippen molar-refractivity contribution in [3.05, 3.63) is 28.6 Å². The maximum absolute atomic E-state index is 11.3. The first-order valence-electron chi connectivity index (χ1n) is 6.31. The molecule has 1 aromatic carbocycles. The summed E-state index contributed by atoms with van der Waals surface area (Å²) in [5.41, 5.74) is 5.57. The van der Waals surface area contributed by atoms with Crippen molar-refractivity contribution >= 4 is 16.7 Å². The average Bonchev–Trinajstić information content (AvgIpc) is 2.33. The Bertz CT molecular complexity index is 633. The molecule has 0 saturated carbocycles. The van der Waals surface area contributed by atoms with Crippen molar-refractivity contribution < 1.29 is 14.3 Å². The first-order valence-corrected chi connectivity index (χ1v) is 6.31. The van der Waals surface area contributed by atoms with Crippen LogP contribution in [0.5, 0.6) is 11.5 Å². The number of fused-ring (bicyclic) bond motifs is 1. The molecule has 2 aromatic rings. The zero-order chi connectivity index (χ0) is 13.8. The van der Waals surface area contributed by atoms with E-state index >= 15 is 0 Å². The molecule has 2 rings (SSSR count). The second kappa shape index (κ2) is 5.65. The minimum Gasteiger partial charge on any atom is -0.507 e. The van der Waals surface area contributed by atoms with Crippen molar-refractivity contribution in [3.63, 3.8) is 0 Å². The molecule has 5 heteroatoms. The fourth-order valence-corrected chi connectivity index (χ4v) is 1.91. The maximum atomic E-state index is 11.3. The zero-order valence-electron chi connectivity index (χ0n) is 10.8. The van der Waals surface area contributed by atoms with E-state index in [0.717, 1.165) is 25.3 Å². The lowest BCUT2D eigenvalue weighted by Gasteiger charge is -2.08. The van der Waals surface area contributed by atoms with E-state index in [4.69, 9.17) is 14.9 Å². The molecule has 3 N–H and O–H groups in total. The first-order chi connectivity index (χ1) is 9.11. The van der Waals surface area contributed by atoms with E-state index in [9.17, 15) is 9.90 Å². The Morgan fingerprint density at radius 1 is 1.32 bits per heavy atom. The number of unbranched alkanes of at least 4 members (excludes halogenated alkanes) is 2. The molecule has 5 nitrogen and oxygen atoms in total. The summed E-state index contributed by atoms with van der Waals surface area (Å²) in [6.07, 6.45) is 3.13. The fraction of sp³-hybridized carbons (Fsp3) is 0.357. The van der Waals surface area contributed by atoms with E-state index in [1.165, 1.54) is 6.07 Å². The van der Waals surface area contributed by atoms with Gasteiger partial charge in [-0.15, -0.1) is 0 Å². The third-order valence-corrected chi connectivity index (χ3v) is 2.84. The molecule has 0 radical (unpaired) electrons. The highest BCUT2D eigenvalue weighted by atomic mass is 16.5. The van der Waals surface area contributed by atoms with Crippen LogP contribution in [0.4, 0.5) is 5.69 Å². The summed E-state index contributed by atoms with van der Waals surface area (Å²) in [5, 5.41) is 10.2. The minimum atomic E-state index is -0.549. The Kier molecular flexibility index (Phi) is 3.94. The standard InChI is InChI=1S/C14H17NO4/c1-2-3-4-5-18-9-6-11(16)14-10(15)8-13(17)19-12(14)7-9/h6-8,16H,2-5,15H2,1H3. The van der Waals surface area contributed by atoms with Gasteiger partial charge in [0.2, 0.25) is 0 Å². The lowest BCUT2D eigenvalue weighted by Crippen LogP contribution is -2.01. The summed E-state index contributed by atoms with van der Waals surface area (Å²) in [7, 11) is 0. The van der Waals surface area contributed by atoms with Crippen molar-refractivity contribution in [2.24, 2.45) is 0 Å². The smallest absolute Gasteiger partial charge is 0.338 e. The van der Waals surface area contributed by atoms with Gasteiger partial charge in [0.25, 0.3) is 0 Å². The monoisotopic (exact) mass is 263 g/mol. The SMILES string of the molecule is CCCCCOc1cc(O)c2c(N)cc(=O)oc2c1. The minimum absolute atomic E-state index is 0.0516. The number of rotatable bonds is 5. The predicted molar refractivity (Wildman–Crippen MR) is 73.6 cm³/mol. The molecule has 0 spiro atoms. The second-order valence-corrected chi connectivity index (χ2v) is 4.39. The van der Waals surface area contributed by atoms with E-state index in [-0.39, 0.29) is 17.0 Å². The second-order valence-electron chi connectivity index (χ2n) is 4.39. The summed E-state index contributed by atoms with van der Waals surface area (Å²) in [4.78, 5) is 11.3. The number of nitrogens with two attached hydrogens (primary N) is 1. The van der Waals surface area contributed by atoms with Crippen molar-refractivity contribution in [3.8, 4) is 11.5 Å². The van der Waals surface area contributed by atoms with Crippen LogP contribution in [0.25, 0.3) is 11.0 Å². The van der Waals surface area contributed by atoms with Crippen LogP contribution in [0.3, 0.4) is 0 Å². The number of ether oxygens (including phenoxy) is 1. The summed E-state index contributed by atoms with van der Waals surface area (Å²) in [5.74, 6) is 0.416. The van der Waals surface area contributed by atoms with Crippen LogP contribution in [0.15, 0.2) is 27.4 Å². The zero-order valence-corrected chi connectivity index (χ0v) is 10.8. The number of phenols is 1. The highest BCUT2D eigenvalue weighted by molar-refractivity contribution is 5.94. The average molecular weight is 263 g/mol. The highest BCUT2D eigenvalue weighted by Crippen LogP contribution is 2.33. The number of benzene rings is 1. The number of aromatic hydroxyl groups is 1. The van der Waals surface area contributed by atoms with E-state index in [1.54, 1.807) is 6.07 Å². The van der Waals surface area contributed by atoms with Crippen molar-refractivity contribution in [1.82, 2.24) is 0 Å².